The SMILES string of the molecule is CC1(C)CCCC1NC(=O)CCBr. The smallest absolute Gasteiger partial charge is 0.221 e. The van der Waals surface area contributed by atoms with Crippen molar-refractivity contribution in [3.63, 3.8) is 0 Å². The molecular formula is C10H18BrNO. The molecule has 1 aliphatic rings. The van der Waals surface area contributed by atoms with Crippen molar-refractivity contribution in [3.05, 3.63) is 0 Å². The van der Waals surface area contributed by atoms with Gasteiger partial charge in [0.05, 0.1) is 0 Å². The zero-order valence-corrected chi connectivity index (χ0v) is 9.99. The topological polar surface area (TPSA) is 29.1 Å². The molecule has 1 saturated carbocycles. The molecule has 3 heteroatoms. The first-order valence-corrected chi connectivity index (χ1v) is 6.04. The van der Waals surface area contributed by atoms with E-state index in [0.717, 1.165) is 11.8 Å². The Morgan fingerprint density at radius 3 is 2.77 bits per heavy atom. The third-order valence-corrected chi connectivity index (χ3v) is 3.31. The fraction of sp³-hybridized carbons (Fsp3) is 0.900. The van der Waals surface area contributed by atoms with E-state index in [4.69, 9.17) is 0 Å². The molecule has 2 nitrogen and oxygen atoms in total. The summed E-state index contributed by atoms with van der Waals surface area (Å²) in [5, 5.41) is 3.86. The zero-order valence-electron chi connectivity index (χ0n) is 8.40. The van der Waals surface area contributed by atoms with Gasteiger partial charge < -0.3 is 5.32 Å². The second-order valence-corrected chi connectivity index (χ2v) is 5.23. The number of amides is 1. The maximum Gasteiger partial charge on any atom is 0.221 e. The summed E-state index contributed by atoms with van der Waals surface area (Å²) < 4.78 is 0. The third kappa shape index (κ3) is 2.97. The quantitative estimate of drug-likeness (QED) is 0.764. The van der Waals surface area contributed by atoms with Gasteiger partial charge in [-0.3, -0.25) is 4.79 Å². The van der Waals surface area contributed by atoms with Crippen LogP contribution in [-0.4, -0.2) is 17.3 Å². The highest BCUT2D eigenvalue weighted by Gasteiger charge is 2.34. The Bertz CT molecular complexity index is 191. The van der Waals surface area contributed by atoms with Crippen LogP contribution in [0.5, 0.6) is 0 Å². The second-order valence-electron chi connectivity index (χ2n) is 4.44. The maximum absolute atomic E-state index is 11.3. The number of nitrogens with one attached hydrogen (secondary N) is 1. The van der Waals surface area contributed by atoms with Crippen LogP contribution in [0.4, 0.5) is 0 Å². The van der Waals surface area contributed by atoms with Crippen molar-refractivity contribution in [2.45, 2.75) is 45.6 Å². The first-order valence-electron chi connectivity index (χ1n) is 4.91. The summed E-state index contributed by atoms with van der Waals surface area (Å²) in [5.41, 5.74) is 0.294. The van der Waals surface area contributed by atoms with Gasteiger partial charge in [-0.05, 0) is 18.3 Å². The van der Waals surface area contributed by atoms with E-state index in [2.05, 4.69) is 35.1 Å². The van der Waals surface area contributed by atoms with Crippen LogP contribution in [0.1, 0.15) is 39.5 Å². The Balaban J connectivity index is 2.40. The van der Waals surface area contributed by atoms with Crippen LogP contribution in [0.25, 0.3) is 0 Å². The lowest BCUT2D eigenvalue weighted by atomic mass is 9.87. The van der Waals surface area contributed by atoms with E-state index in [1.807, 2.05) is 0 Å². The van der Waals surface area contributed by atoms with Gasteiger partial charge >= 0.3 is 0 Å². The molecule has 0 radical (unpaired) electrons. The summed E-state index contributed by atoms with van der Waals surface area (Å²) in [6.07, 6.45) is 4.20. The first-order chi connectivity index (χ1) is 6.06. The third-order valence-electron chi connectivity index (χ3n) is 2.91. The minimum Gasteiger partial charge on any atom is -0.353 e. The molecule has 1 N–H and O–H groups in total. The van der Waals surface area contributed by atoms with Gasteiger partial charge in [0, 0.05) is 17.8 Å². The van der Waals surface area contributed by atoms with Gasteiger partial charge in [-0.25, -0.2) is 0 Å². The second kappa shape index (κ2) is 4.45. The summed E-state index contributed by atoms with van der Waals surface area (Å²) in [5.74, 6) is 0.178. The van der Waals surface area contributed by atoms with Gasteiger partial charge in [0.2, 0.25) is 5.91 Å². The molecule has 1 rings (SSSR count). The van der Waals surface area contributed by atoms with Gasteiger partial charge in [0.1, 0.15) is 0 Å². The largest absolute Gasteiger partial charge is 0.353 e. The summed E-state index contributed by atoms with van der Waals surface area (Å²) >= 11 is 3.27. The number of halogens is 1. The van der Waals surface area contributed by atoms with Crippen LogP contribution in [0.3, 0.4) is 0 Å². The summed E-state index contributed by atoms with van der Waals surface area (Å²) in [6, 6.07) is 0.388. The van der Waals surface area contributed by atoms with Crippen molar-refractivity contribution in [1.29, 1.82) is 0 Å². The molecule has 1 amide bonds. The number of carbonyl (C=O) groups is 1. The number of rotatable bonds is 3. The summed E-state index contributed by atoms with van der Waals surface area (Å²) in [4.78, 5) is 11.3. The molecule has 0 heterocycles. The van der Waals surface area contributed by atoms with Crippen LogP contribution in [0.15, 0.2) is 0 Å². The van der Waals surface area contributed by atoms with Gasteiger partial charge in [-0.2, -0.15) is 0 Å². The van der Waals surface area contributed by atoms with Crippen molar-refractivity contribution >= 4 is 21.8 Å². The summed E-state index contributed by atoms with van der Waals surface area (Å²) in [6.45, 7) is 4.47. The van der Waals surface area contributed by atoms with Crippen LogP contribution < -0.4 is 5.32 Å². The van der Waals surface area contributed by atoms with Crippen molar-refractivity contribution in [2.24, 2.45) is 5.41 Å². The molecule has 0 aromatic carbocycles. The van der Waals surface area contributed by atoms with E-state index in [0.29, 0.717) is 17.9 Å². The number of hydrogen-bond acceptors (Lipinski definition) is 1. The minimum atomic E-state index is 0.178. The van der Waals surface area contributed by atoms with E-state index in [1.165, 1.54) is 12.8 Å². The number of carbonyl (C=O) groups excluding carboxylic acids is 1. The van der Waals surface area contributed by atoms with Gasteiger partial charge in [0.25, 0.3) is 0 Å². The first kappa shape index (κ1) is 11.0. The van der Waals surface area contributed by atoms with Gasteiger partial charge in [-0.15, -0.1) is 0 Å². The maximum atomic E-state index is 11.3. The average Bonchev–Trinajstić information content (AvgIpc) is 2.31. The minimum absolute atomic E-state index is 0.178. The Kier molecular flexibility index (Phi) is 3.77. The van der Waals surface area contributed by atoms with E-state index >= 15 is 0 Å². The highest BCUT2D eigenvalue weighted by molar-refractivity contribution is 9.09. The number of hydrogen-bond donors (Lipinski definition) is 1. The van der Waals surface area contributed by atoms with Gasteiger partial charge in [-0.1, -0.05) is 36.2 Å². The molecular weight excluding hydrogens is 230 g/mol. The van der Waals surface area contributed by atoms with Crippen molar-refractivity contribution < 1.29 is 4.79 Å². The molecule has 0 bridgehead atoms. The molecule has 0 aromatic rings. The molecule has 76 valence electrons. The lowest BCUT2D eigenvalue weighted by Gasteiger charge is -2.27. The summed E-state index contributed by atoms with van der Waals surface area (Å²) in [7, 11) is 0. The molecule has 0 saturated heterocycles. The van der Waals surface area contributed by atoms with Crippen LogP contribution in [0.2, 0.25) is 0 Å². The predicted molar refractivity (Wildman–Crippen MR) is 58.0 cm³/mol. The monoisotopic (exact) mass is 247 g/mol. The molecule has 1 fully saturated rings. The molecule has 1 unspecified atom stereocenters. The van der Waals surface area contributed by atoms with E-state index in [1.54, 1.807) is 0 Å². The standard InChI is InChI=1S/C10H18BrNO/c1-10(2)6-3-4-8(10)12-9(13)5-7-11/h8H,3-7H2,1-2H3,(H,12,13). The Morgan fingerprint density at radius 1 is 1.62 bits per heavy atom. The highest BCUT2D eigenvalue weighted by atomic mass is 79.9. The molecule has 1 atom stereocenters. The molecule has 0 aliphatic heterocycles. The Morgan fingerprint density at radius 2 is 2.31 bits per heavy atom. The van der Waals surface area contributed by atoms with Crippen molar-refractivity contribution in [2.75, 3.05) is 5.33 Å². The normalized spacial score (nSPS) is 25.9. The fourth-order valence-electron chi connectivity index (χ4n) is 1.95. The lowest BCUT2D eigenvalue weighted by molar-refractivity contribution is -0.121. The molecule has 13 heavy (non-hydrogen) atoms. The van der Waals surface area contributed by atoms with Crippen LogP contribution in [0, 0.1) is 5.41 Å². The fourth-order valence-corrected chi connectivity index (χ4v) is 2.31. The number of alkyl halides is 1. The van der Waals surface area contributed by atoms with Gasteiger partial charge in [0.15, 0.2) is 0 Å². The zero-order chi connectivity index (χ0) is 9.90. The molecule has 0 spiro atoms. The predicted octanol–water partition coefficient (Wildman–Crippen LogP) is 2.47. The molecule has 0 aromatic heterocycles. The van der Waals surface area contributed by atoms with E-state index in [-0.39, 0.29) is 5.91 Å². The van der Waals surface area contributed by atoms with E-state index < -0.39 is 0 Å². The van der Waals surface area contributed by atoms with Crippen molar-refractivity contribution in [1.82, 2.24) is 5.32 Å². The highest BCUT2D eigenvalue weighted by Crippen LogP contribution is 2.37. The lowest BCUT2D eigenvalue weighted by Crippen LogP contribution is -2.41. The van der Waals surface area contributed by atoms with E-state index in [9.17, 15) is 4.79 Å². The Hall–Kier alpha value is -0.0500. The Labute approximate surface area is 88.6 Å². The van der Waals surface area contributed by atoms with Crippen molar-refractivity contribution in [3.8, 4) is 0 Å². The van der Waals surface area contributed by atoms with Crippen LogP contribution >= 0.6 is 15.9 Å². The molecule has 1 aliphatic carbocycles. The van der Waals surface area contributed by atoms with Crippen LogP contribution in [-0.2, 0) is 4.79 Å². The average molecular weight is 248 g/mol.